The predicted octanol–water partition coefficient (Wildman–Crippen LogP) is 3.01. The van der Waals surface area contributed by atoms with E-state index in [9.17, 15) is 4.79 Å². The lowest BCUT2D eigenvalue weighted by molar-refractivity contribution is 0.0997. The molecule has 6 N–H and O–H groups in total. The molecule has 4 bridgehead atoms. The number of nitrogens with two attached hydrogens (primary N) is 3. The van der Waals surface area contributed by atoms with Crippen LogP contribution >= 0.6 is 22.7 Å². The molecule has 0 aromatic carbocycles. The number of nitriles is 1. The molecule has 4 atom stereocenters. The van der Waals surface area contributed by atoms with Crippen molar-refractivity contribution in [1.82, 2.24) is 9.80 Å². The van der Waals surface area contributed by atoms with Crippen LogP contribution in [-0.2, 0) is 12.8 Å². The zero-order chi connectivity index (χ0) is 22.0. The lowest BCUT2D eigenvalue weighted by Gasteiger charge is -2.31. The highest BCUT2D eigenvalue weighted by molar-refractivity contribution is 7.16. The average molecular weight is 457 g/mol. The molecule has 1 amide bonds. The van der Waals surface area contributed by atoms with Gasteiger partial charge in [-0.05, 0) is 58.2 Å². The number of nitrogen functional groups attached to an aromatic ring is 2. The molecule has 0 aliphatic carbocycles. The number of fused-ring (bicyclic) bond motifs is 8. The van der Waals surface area contributed by atoms with Crippen molar-refractivity contribution in [3.05, 3.63) is 32.0 Å². The van der Waals surface area contributed by atoms with Gasteiger partial charge in [-0.1, -0.05) is 0 Å². The Morgan fingerprint density at radius 2 is 1.45 bits per heavy atom. The molecule has 7 nitrogen and oxygen atoms in total. The molecular weight excluding hydrogens is 428 g/mol. The summed E-state index contributed by atoms with van der Waals surface area (Å²) in [4.78, 5) is 18.9. The van der Waals surface area contributed by atoms with Gasteiger partial charge in [0.15, 0.2) is 0 Å². The normalized spacial score (nSPS) is 28.4. The number of carbonyl (C=O) groups excluding carboxylic acids is 1. The summed E-state index contributed by atoms with van der Waals surface area (Å²) in [5.74, 6) is -0.381. The smallest absolute Gasteiger partial charge is 0.252 e. The minimum absolute atomic E-state index is 0.352. The number of thiophene rings is 2. The zero-order valence-corrected chi connectivity index (χ0v) is 19.5. The summed E-state index contributed by atoms with van der Waals surface area (Å²) in [5, 5.41) is 10.4. The number of anilines is 2. The second-order valence-corrected chi connectivity index (χ2v) is 11.3. The minimum Gasteiger partial charge on any atom is -0.390 e. The Bertz CT molecular complexity index is 1100. The van der Waals surface area contributed by atoms with Crippen LogP contribution in [0, 0.1) is 11.3 Å². The summed E-state index contributed by atoms with van der Waals surface area (Å²) in [7, 11) is 4.30. The summed E-state index contributed by atoms with van der Waals surface area (Å²) in [6, 6.07) is 4.36. The van der Waals surface area contributed by atoms with Crippen molar-refractivity contribution in [2.45, 2.75) is 62.7 Å². The molecular formula is C22H28N6OS2. The van der Waals surface area contributed by atoms with Gasteiger partial charge >= 0.3 is 0 Å². The maximum absolute atomic E-state index is 11.5. The molecule has 4 aliphatic heterocycles. The van der Waals surface area contributed by atoms with Crippen LogP contribution in [0.5, 0.6) is 0 Å². The molecule has 2 saturated heterocycles. The van der Waals surface area contributed by atoms with Gasteiger partial charge in [0.25, 0.3) is 5.91 Å². The molecule has 2 aromatic heterocycles. The predicted molar refractivity (Wildman–Crippen MR) is 125 cm³/mol. The highest BCUT2D eigenvalue weighted by Crippen LogP contribution is 2.49. The van der Waals surface area contributed by atoms with Crippen molar-refractivity contribution >= 4 is 38.6 Å². The van der Waals surface area contributed by atoms with E-state index in [0.29, 0.717) is 39.7 Å². The van der Waals surface area contributed by atoms with Crippen LogP contribution in [0.1, 0.15) is 74.6 Å². The Labute approximate surface area is 190 Å². The largest absolute Gasteiger partial charge is 0.390 e. The summed E-state index contributed by atoms with van der Waals surface area (Å²) < 4.78 is 0. The van der Waals surface area contributed by atoms with Gasteiger partial charge in [-0.3, -0.25) is 14.6 Å². The van der Waals surface area contributed by atoms with Gasteiger partial charge in [-0.25, -0.2) is 0 Å². The highest BCUT2D eigenvalue weighted by Gasteiger charge is 2.42. The van der Waals surface area contributed by atoms with Crippen LogP contribution in [0.2, 0.25) is 0 Å². The van der Waals surface area contributed by atoms with E-state index in [-0.39, 0.29) is 5.91 Å². The molecule has 9 heteroatoms. The molecule has 6 heterocycles. The van der Waals surface area contributed by atoms with Gasteiger partial charge < -0.3 is 17.2 Å². The zero-order valence-electron chi connectivity index (χ0n) is 17.9. The van der Waals surface area contributed by atoms with Gasteiger partial charge in [-0.2, -0.15) is 5.26 Å². The molecule has 164 valence electrons. The van der Waals surface area contributed by atoms with Crippen LogP contribution in [0.25, 0.3) is 0 Å². The summed E-state index contributed by atoms with van der Waals surface area (Å²) in [6.45, 7) is 0. The van der Waals surface area contributed by atoms with Crippen molar-refractivity contribution in [2.24, 2.45) is 5.73 Å². The Balaban J connectivity index is 0.000000132. The Kier molecular flexibility index (Phi) is 5.01. The molecule has 31 heavy (non-hydrogen) atoms. The number of rotatable bonds is 1. The number of amides is 1. The molecule has 2 fully saturated rings. The van der Waals surface area contributed by atoms with Gasteiger partial charge in [0.2, 0.25) is 0 Å². The third-order valence-corrected chi connectivity index (χ3v) is 9.76. The lowest BCUT2D eigenvalue weighted by Crippen LogP contribution is -2.34. The molecule has 2 aromatic rings. The number of likely N-dealkylation sites (N-methyl/N-ethyl adjacent to an activating group) is 2. The molecule has 0 spiro atoms. The fraction of sp³-hybridized carbons (Fsp3) is 0.545. The van der Waals surface area contributed by atoms with Gasteiger partial charge in [0, 0.05) is 39.5 Å². The van der Waals surface area contributed by atoms with E-state index in [0.717, 1.165) is 30.4 Å². The number of hydrogen-bond acceptors (Lipinski definition) is 8. The Morgan fingerprint density at radius 3 is 2.00 bits per heavy atom. The van der Waals surface area contributed by atoms with Gasteiger partial charge in [0.05, 0.1) is 16.1 Å². The second-order valence-electron chi connectivity index (χ2n) is 9.07. The van der Waals surface area contributed by atoms with Crippen LogP contribution < -0.4 is 17.2 Å². The van der Waals surface area contributed by atoms with Crippen molar-refractivity contribution in [2.75, 3.05) is 25.6 Å². The van der Waals surface area contributed by atoms with E-state index in [2.05, 4.69) is 30.0 Å². The molecule has 0 saturated carbocycles. The van der Waals surface area contributed by atoms with Crippen LogP contribution in [0.4, 0.5) is 10.0 Å². The quantitative estimate of drug-likeness (QED) is 0.606. The van der Waals surface area contributed by atoms with Crippen molar-refractivity contribution in [1.29, 1.82) is 5.26 Å². The molecule has 0 radical (unpaired) electrons. The van der Waals surface area contributed by atoms with E-state index < -0.39 is 0 Å². The van der Waals surface area contributed by atoms with E-state index in [1.807, 2.05) is 0 Å². The summed E-state index contributed by atoms with van der Waals surface area (Å²) in [5.41, 5.74) is 20.9. The maximum atomic E-state index is 11.5. The summed E-state index contributed by atoms with van der Waals surface area (Å²) >= 11 is 3.16. The van der Waals surface area contributed by atoms with Crippen molar-refractivity contribution < 1.29 is 4.79 Å². The molecule has 2 unspecified atom stereocenters. The highest BCUT2D eigenvalue weighted by atomic mass is 32.1. The van der Waals surface area contributed by atoms with Crippen molar-refractivity contribution in [3.8, 4) is 6.07 Å². The maximum Gasteiger partial charge on any atom is 0.252 e. The first-order chi connectivity index (χ1) is 14.8. The lowest BCUT2D eigenvalue weighted by atomic mass is 9.97. The van der Waals surface area contributed by atoms with E-state index >= 15 is 0 Å². The second kappa shape index (κ2) is 7.48. The third-order valence-electron chi connectivity index (χ3n) is 7.65. The van der Waals surface area contributed by atoms with Gasteiger partial charge in [0.1, 0.15) is 11.1 Å². The topological polar surface area (TPSA) is 125 Å². The third kappa shape index (κ3) is 3.08. The van der Waals surface area contributed by atoms with Crippen molar-refractivity contribution in [3.63, 3.8) is 0 Å². The first kappa shape index (κ1) is 20.8. The minimum atomic E-state index is -0.381. The van der Waals surface area contributed by atoms with E-state index in [1.165, 1.54) is 34.6 Å². The SMILES string of the molecule is CN1C2CC[C@@H]1Cc1sc(N)c(C#N)c12.CN1C2CC[C@@H]1Cc1sc(N)c(C(N)=O)c12. The number of nitrogens with zero attached hydrogens (tertiary/aromatic N) is 3. The van der Waals surface area contributed by atoms with E-state index in [4.69, 9.17) is 22.5 Å². The van der Waals surface area contributed by atoms with Crippen LogP contribution in [-0.4, -0.2) is 41.9 Å². The fourth-order valence-corrected chi connectivity index (χ4v) is 8.39. The van der Waals surface area contributed by atoms with Gasteiger partial charge in [-0.15, -0.1) is 22.7 Å². The Morgan fingerprint density at radius 1 is 0.935 bits per heavy atom. The number of primary amides is 1. The van der Waals surface area contributed by atoms with Crippen LogP contribution in [0.15, 0.2) is 0 Å². The fourth-order valence-electron chi connectivity index (χ4n) is 6.04. The average Bonchev–Trinajstić information content (AvgIpc) is 3.36. The first-order valence-corrected chi connectivity index (χ1v) is 12.4. The number of hydrogen-bond donors (Lipinski definition) is 3. The monoisotopic (exact) mass is 456 g/mol. The molecule has 4 aliphatic rings. The standard InChI is InChI=1S/C11H15N3OS.C11H13N3S/c1-14-5-2-3-6(14)8-7(4-5)16-11(13)9(8)10(12)15;1-14-6-2-3-8(14)10-7(5-12)11(13)15-9(10)4-6/h5-6H,2-4,13H2,1H3,(H2,12,15);6,8H,2-4,13H2,1H3/t5-,6?;6-,8?/m11/s1. The van der Waals surface area contributed by atoms with Crippen LogP contribution in [0.3, 0.4) is 0 Å². The first-order valence-electron chi connectivity index (χ1n) is 10.8. The Hall–Kier alpha value is -2.12. The van der Waals surface area contributed by atoms with E-state index in [1.54, 1.807) is 22.7 Å². The summed E-state index contributed by atoms with van der Waals surface area (Å²) in [6.07, 6.45) is 6.86. The molecule has 6 rings (SSSR count). The number of carbonyl (C=O) groups is 1.